The summed E-state index contributed by atoms with van der Waals surface area (Å²) in [5.41, 5.74) is 4.87. The first-order chi connectivity index (χ1) is 5.82. The Morgan fingerprint density at radius 1 is 1.08 bits per heavy atom. The summed E-state index contributed by atoms with van der Waals surface area (Å²) < 4.78 is 36.0. The van der Waals surface area contributed by atoms with Gasteiger partial charge in [-0.3, -0.25) is 0 Å². The van der Waals surface area contributed by atoms with Gasteiger partial charge in [0.2, 0.25) is 5.82 Å². The summed E-state index contributed by atoms with van der Waals surface area (Å²) in [4.78, 5) is 5.85. The molecule has 8 heteroatoms. The van der Waals surface area contributed by atoms with Gasteiger partial charge in [0.1, 0.15) is 5.69 Å². The third kappa shape index (κ3) is 2.13. The molecule has 0 unspecified atom stereocenters. The van der Waals surface area contributed by atoms with E-state index in [1.54, 1.807) is 0 Å². The standard InChI is InChI=1S/C5H2Cl2F3N3/c6-2-1(11)3(7)13-4(12-2)5(8,9)10/h11H2. The monoisotopic (exact) mass is 231 g/mol. The van der Waals surface area contributed by atoms with Crippen molar-refractivity contribution in [3.05, 3.63) is 16.1 Å². The highest BCUT2D eigenvalue weighted by molar-refractivity contribution is 6.37. The van der Waals surface area contributed by atoms with Crippen LogP contribution in [0.4, 0.5) is 18.9 Å². The lowest BCUT2D eigenvalue weighted by Crippen LogP contribution is -2.12. The predicted molar refractivity (Wildman–Crippen MR) is 41.5 cm³/mol. The summed E-state index contributed by atoms with van der Waals surface area (Å²) in [7, 11) is 0. The molecule has 2 N–H and O–H groups in total. The second-order valence-corrected chi connectivity index (χ2v) is 2.76. The molecule has 0 aliphatic rings. The highest BCUT2D eigenvalue weighted by atomic mass is 35.5. The first-order valence-corrected chi connectivity index (χ1v) is 3.63. The van der Waals surface area contributed by atoms with Crippen LogP contribution in [0.15, 0.2) is 0 Å². The van der Waals surface area contributed by atoms with Gasteiger partial charge in [0.05, 0.1) is 0 Å². The number of aromatic nitrogens is 2. The molecule has 1 rings (SSSR count). The van der Waals surface area contributed by atoms with E-state index in [9.17, 15) is 13.2 Å². The van der Waals surface area contributed by atoms with E-state index in [0.29, 0.717) is 0 Å². The molecule has 0 atom stereocenters. The van der Waals surface area contributed by atoms with Crippen LogP contribution in [0.2, 0.25) is 10.3 Å². The Morgan fingerprint density at radius 2 is 1.46 bits per heavy atom. The number of alkyl halides is 3. The maximum Gasteiger partial charge on any atom is 0.451 e. The Labute approximate surface area is 80.7 Å². The fraction of sp³-hybridized carbons (Fsp3) is 0.200. The summed E-state index contributed by atoms with van der Waals surface area (Å²) in [6.45, 7) is 0. The summed E-state index contributed by atoms with van der Waals surface area (Å²) in [5.74, 6) is -1.41. The Hall–Kier alpha value is -0.750. The molecule has 0 aliphatic heterocycles. The molecule has 0 fully saturated rings. The van der Waals surface area contributed by atoms with Gasteiger partial charge in [-0.15, -0.1) is 0 Å². The van der Waals surface area contributed by atoms with E-state index < -0.39 is 22.3 Å². The van der Waals surface area contributed by atoms with Crippen LogP contribution in [0.1, 0.15) is 5.82 Å². The molecule has 0 aromatic carbocycles. The summed E-state index contributed by atoms with van der Waals surface area (Å²) in [5, 5.41) is -1.01. The zero-order valence-electron chi connectivity index (χ0n) is 5.86. The zero-order chi connectivity index (χ0) is 10.2. The maximum absolute atomic E-state index is 12.0. The van der Waals surface area contributed by atoms with E-state index in [1.165, 1.54) is 0 Å². The molecule has 0 aliphatic carbocycles. The first kappa shape index (κ1) is 10.3. The lowest BCUT2D eigenvalue weighted by Gasteiger charge is -2.06. The van der Waals surface area contributed by atoms with Gasteiger partial charge in [-0.1, -0.05) is 23.2 Å². The van der Waals surface area contributed by atoms with Crippen LogP contribution in [-0.2, 0) is 6.18 Å². The van der Waals surface area contributed by atoms with Gasteiger partial charge in [-0.05, 0) is 0 Å². The molecular formula is C5H2Cl2F3N3. The highest BCUT2D eigenvalue weighted by Crippen LogP contribution is 2.31. The minimum absolute atomic E-state index is 0.267. The molecule has 0 radical (unpaired) electrons. The molecule has 3 nitrogen and oxygen atoms in total. The van der Waals surface area contributed by atoms with Crippen LogP contribution < -0.4 is 5.73 Å². The number of nitrogens with two attached hydrogens (primary N) is 1. The Bertz CT molecular complexity index is 315. The number of hydrogen-bond donors (Lipinski definition) is 1. The molecule has 1 heterocycles. The minimum Gasteiger partial charge on any atom is -0.394 e. The van der Waals surface area contributed by atoms with Crippen LogP contribution in [-0.4, -0.2) is 9.97 Å². The van der Waals surface area contributed by atoms with E-state index in [2.05, 4.69) is 9.97 Å². The molecule has 72 valence electrons. The number of nitrogens with zero attached hydrogens (tertiary/aromatic N) is 2. The fourth-order valence-electron chi connectivity index (χ4n) is 0.543. The van der Waals surface area contributed by atoms with Gasteiger partial charge >= 0.3 is 6.18 Å². The molecule has 13 heavy (non-hydrogen) atoms. The van der Waals surface area contributed by atoms with E-state index in [4.69, 9.17) is 28.9 Å². The third-order valence-corrected chi connectivity index (χ3v) is 1.68. The molecule has 1 aromatic heterocycles. The average Bonchev–Trinajstić information content (AvgIpc) is 1.97. The van der Waals surface area contributed by atoms with Gasteiger partial charge in [0, 0.05) is 0 Å². The van der Waals surface area contributed by atoms with Gasteiger partial charge in [0.15, 0.2) is 10.3 Å². The van der Waals surface area contributed by atoms with Crippen molar-refractivity contribution in [1.29, 1.82) is 0 Å². The molecule has 0 bridgehead atoms. The van der Waals surface area contributed by atoms with E-state index in [-0.39, 0.29) is 5.69 Å². The average molecular weight is 232 g/mol. The van der Waals surface area contributed by atoms with Gasteiger partial charge in [-0.2, -0.15) is 13.2 Å². The van der Waals surface area contributed by atoms with Crippen molar-refractivity contribution in [3.8, 4) is 0 Å². The number of rotatable bonds is 0. The molecular weight excluding hydrogens is 230 g/mol. The summed E-state index contributed by atoms with van der Waals surface area (Å²) in [6.07, 6.45) is -4.68. The summed E-state index contributed by atoms with van der Waals surface area (Å²) in [6, 6.07) is 0. The largest absolute Gasteiger partial charge is 0.451 e. The van der Waals surface area contributed by atoms with Crippen LogP contribution in [0.25, 0.3) is 0 Å². The second-order valence-electron chi connectivity index (χ2n) is 2.04. The number of hydrogen-bond acceptors (Lipinski definition) is 3. The second kappa shape index (κ2) is 3.19. The van der Waals surface area contributed by atoms with E-state index in [1.807, 2.05) is 0 Å². The lowest BCUT2D eigenvalue weighted by atomic mass is 10.5. The fourth-order valence-corrected chi connectivity index (χ4v) is 0.931. The molecule has 0 spiro atoms. The van der Waals surface area contributed by atoms with Crippen LogP contribution in [0, 0.1) is 0 Å². The van der Waals surface area contributed by atoms with Crippen molar-refractivity contribution in [2.45, 2.75) is 6.18 Å². The summed E-state index contributed by atoms with van der Waals surface area (Å²) >= 11 is 10.5. The Morgan fingerprint density at radius 3 is 1.77 bits per heavy atom. The number of halogens is 5. The quantitative estimate of drug-likeness (QED) is 0.698. The van der Waals surface area contributed by atoms with Crippen molar-refractivity contribution in [2.75, 3.05) is 5.73 Å². The first-order valence-electron chi connectivity index (χ1n) is 2.88. The van der Waals surface area contributed by atoms with Crippen molar-refractivity contribution < 1.29 is 13.2 Å². The minimum atomic E-state index is -4.68. The third-order valence-electron chi connectivity index (χ3n) is 1.11. The molecule has 0 amide bonds. The molecule has 1 aromatic rings. The van der Waals surface area contributed by atoms with Gasteiger partial charge in [-0.25, -0.2) is 9.97 Å². The van der Waals surface area contributed by atoms with Crippen molar-refractivity contribution in [2.24, 2.45) is 0 Å². The van der Waals surface area contributed by atoms with Crippen molar-refractivity contribution in [3.63, 3.8) is 0 Å². The smallest absolute Gasteiger partial charge is 0.394 e. The van der Waals surface area contributed by atoms with Crippen LogP contribution >= 0.6 is 23.2 Å². The Balaban J connectivity index is 3.29. The zero-order valence-corrected chi connectivity index (χ0v) is 7.37. The SMILES string of the molecule is Nc1c(Cl)nc(C(F)(F)F)nc1Cl. The predicted octanol–water partition coefficient (Wildman–Crippen LogP) is 2.38. The van der Waals surface area contributed by atoms with E-state index >= 15 is 0 Å². The van der Waals surface area contributed by atoms with Gasteiger partial charge in [0.25, 0.3) is 0 Å². The number of nitrogen functional groups attached to an aromatic ring is 1. The van der Waals surface area contributed by atoms with Crippen LogP contribution in [0.5, 0.6) is 0 Å². The highest BCUT2D eigenvalue weighted by Gasteiger charge is 2.35. The van der Waals surface area contributed by atoms with E-state index in [0.717, 1.165) is 0 Å². The maximum atomic E-state index is 12.0. The Kier molecular flexibility index (Phi) is 2.53. The number of anilines is 1. The van der Waals surface area contributed by atoms with Crippen LogP contribution in [0.3, 0.4) is 0 Å². The lowest BCUT2D eigenvalue weighted by molar-refractivity contribution is -0.144. The molecule has 0 saturated carbocycles. The van der Waals surface area contributed by atoms with Gasteiger partial charge < -0.3 is 5.73 Å². The molecule has 0 saturated heterocycles. The topological polar surface area (TPSA) is 51.8 Å². The van der Waals surface area contributed by atoms with Crippen molar-refractivity contribution >= 4 is 28.9 Å². The normalized spacial score (nSPS) is 11.8. The van der Waals surface area contributed by atoms with Crippen molar-refractivity contribution in [1.82, 2.24) is 9.97 Å².